The van der Waals surface area contributed by atoms with Gasteiger partial charge in [-0.2, -0.15) is 0 Å². The van der Waals surface area contributed by atoms with Gasteiger partial charge in [0.1, 0.15) is 0 Å². The zero-order valence-electron chi connectivity index (χ0n) is 14.2. The summed E-state index contributed by atoms with van der Waals surface area (Å²) in [5.41, 5.74) is 0.702. The summed E-state index contributed by atoms with van der Waals surface area (Å²) < 4.78 is 31.9. The van der Waals surface area contributed by atoms with Crippen LogP contribution in [0.3, 0.4) is 0 Å². The molecule has 0 fully saturated rings. The number of benzene rings is 2. The van der Waals surface area contributed by atoms with Gasteiger partial charge in [-0.1, -0.05) is 24.3 Å². The minimum atomic E-state index is -3.54. The standard InChI is InChI=1S/C18H22N2O4S/c1-24-13-5-11-19-17(21)10-4-12-20-15-8-2-6-14-7-3-9-16(18(14)15)25(20,22)23/h2-3,6-9H,4-5,10-13H2,1H3,(H,19,21). The lowest BCUT2D eigenvalue weighted by atomic mass is 10.1. The van der Waals surface area contributed by atoms with Crippen LogP contribution in [0.2, 0.25) is 0 Å². The number of nitrogens with one attached hydrogen (secondary N) is 1. The number of methoxy groups -OCH3 is 1. The van der Waals surface area contributed by atoms with E-state index in [9.17, 15) is 13.2 Å². The van der Waals surface area contributed by atoms with Crippen molar-refractivity contribution in [3.8, 4) is 0 Å². The quantitative estimate of drug-likeness (QED) is 0.731. The Morgan fingerprint density at radius 1 is 1.16 bits per heavy atom. The number of amides is 1. The Morgan fingerprint density at radius 2 is 1.92 bits per heavy atom. The van der Waals surface area contributed by atoms with Crippen molar-refractivity contribution in [2.24, 2.45) is 0 Å². The summed E-state index contributed by atoms with van der Waals surface area (Å²) in [6, 6.07) is 10.9. The lowest BCUT2D eigenvalue weighted by molar-refractivity contribution is -0.121. The minimum absolute atomic E-state index is 0.0663. The fourth-order valence-corrected chi connectivity index (χ4v) is 4.86. The van der Waals surface area contributed by atoms with Gasteiger partial charge in [-0.25, -0.2) is 8.42 Å². The molecule has 2 aromatic carbocycles. The van der Waals surface area contributed by atoms with Crippen LogP contribution >= 0.6 is 0 Å². The molecule has 1 aliphatic rings. The molecule has 0 radical (unpaired) electrons. The summed E-state index contributed by atoms with van der Waals surface area (Å²) in [6.45, 7) is 1.47. The summed E-state index contributed by atoms with van der Waals surface area (Å²) >= 11 is 0. The molecule has 7 heteroatoms. The first-order valence-corrected chi connectivity index (χ1v) is 9.80. The third-order valence-electron chi connectivity index (χ3n) is 4.29. The summed E-state index contributed by atoms with van der Waals surface area (Å²) in [5, 5.41) is 4.50. The predicted molar refractivity (Wildman–Crippen MR) is 97.2 cm³/mol. The molecule has 25 heavy (non-hydrogen) atoms. The van der Waals surface area contributed by atoms with E-state index in [0.29, 0.717) is 43.1 Å². The molecule has 0 spiro atoms. The molecule has 0 unspecified atom stereocenters. The number of ether oxygens (including phenoxy) is 1. The van der Waals surface area contributed by atoms with Crippen molar-refractivity contribution in [1.82, 2.24) is 5.32 Å². The van der Waals surface area contributed by atoms with Crippen LogP contribution in [0, 0.1) is 0 Å². The fourth-order valence-electron chi connectivity index (χ4n) is 3.11. The molecular weight excluding hydrogens is 340 g/mol. The van der Waals surface area contributed by atoms with Gasteiger partial charge in [0.2, 0.25) is 5.91 Å². The van der Waals surface area contributed by atoms with Crippen molar-refractivity contribution in [3.05, 3.63) is 36.4 Å². The van der Waals surface area contributed by atoms with Crippen molar-refractivity contribution in [3.63, 3.8) is 0 Å². The second-order valence-electron chi connectivity index (χ2n) is 6.01. The van der Waals surface area contributed by atoms with E-state index in [1.54, 1.807) is 19.2 Å². The third kappa shape index (κ3) is 3.48. The Balaban J connectivity index is 1.65. The number of carbonyl (C=O) groups excluding carboxylic acids is 1. The maximum atomic E-state index is 12.8. The highest BCUT2D eigenvalue weighted by Gasteiger charge is 2.34. The first-order chi connectivity index (χ1) is 12.1. The average molecular weight is 362 g/mol. The van der Waals surface area contributed by atoms with E-state index in [4.69, 9.17) is 4.74 Å². The lowest BCUT2D eigenvalue weighted by Crippen LogP contribution is -2.30. The van der Waals surface area contributed by atoms with E-state index < -0.39 is 10.0 Å². The maximum absolute atomic E-state index is 12.8. The molecule has 0 aromatic heterocycles. The summed E-state index contributed by atoms with van der Waals surface area (Å²) in [4.78, 5) is 12.2. The topological polar surface area (TPSA) is 75.7 Å². The van der Waals surface area contributed by atoms with Gasteiger partial charge in [0, 0.05) is 38.6 Å². The highest BCUT2D eigenvalue weighted by Crippen LogP contribution is 2.41. The Hall–Kier alpha value is -2.12. The van der Waals surface area contributed by atoms with Gasteiger partial charge >= 0.3 is 0 Å². The number of carbonyl (C=O) groups is 1. The van der Waals surface area contributed by atoms with Crippen molar-refractivity contribution in [2.75, 3.05) is 31.1 Å². The molecule has 0 saturated heterocycles. The maximum Gasteiger partial charge on any atom is 0.265 e. The molecule has 0 saturated carbocycles. The molecule has 3 rings (SSSR count). The molecule has 1 aliphatic heterocycles. The minimum Gasteiger partial charge on any atom is -0.385 e. The normalized spacial score (nSPS) is 14.8. The molecule has 0 atom stereocenters. The van der Waals surface area contributed by atoms with Gasteiger partial charge < -0.3 is 10.1 Å². The second kappa shape index (κ2) is 7.41. The van der Waals surface area contributed by atoms with Gasteiger partial charge in [0.15, 0.2) is 0 Å². The van der Waals surface area contributed by atoms with Crippen molar-refractivity contribution >= 4 is 32.4 Å². The van der Waals surface area contributed by atoms with E-state index in [1.807, 2.05) is 24.3 Å². The highest BCUT2D eigenvalue weighted by atomic mass is 32.2. The highest BCUT2D eigenvalue weighted by molar-refractivity contribution is 7.93. The van der Waals surface area contributed by atoms with E-state index in [-0.39, 0.29) is 5.91 Å². The summed E-state index contributed by atoms with van der Waals surface area (Å²) in [5.74, 6) is -0.0663. The van der Waals surface area contributed by atoms with Crippen LogP contribution in [0.4, 0.5) is 5.69 Å². The molecule has 0 aliphatic carbocycles. The molecule has 134 valence electrons. The SMILES string of the molecule is COCCCNC(=O)CCCN1c2cccc3cccc(c23)S1(=O)=O. The van der Waals surface area contributed by atoms with Crippen molar-refractivity contribution in [1.29, 1.82) is 0 Å². The number of hydrogen-bond donors (Lipinski definition) is 1. The molecular formula is C18H22N2O4S. The molecule has 1 N–H and O–H groups in total. The van der Waals surface area contributed by atoms with Gasteiger partial charge in [0.05, 0.1) is 10.6 Å². The second-order valence-corrected chi connectivity index (χ2v) is 7.84. The van der Waals surface area contributed by atoms with Crippen LogP contribution in [0.15, 0.2) is 41.3 Å². The number of hydrogen-bond acceptors (Lipinski definition) is 4. The first kappa shape index (κ1) is 17.7. The van der Waals surface area contributed by atoms with Crippen LogP contribution < -0.4 is 9.62 Å². The van der Waals surface area contributed by atoms with Gasteiger partial charge in [-0.15, -0.1) is 0 Å². The van der Waals surface area contributed by atoms with Crippen molar-refractivity contribution < 1.29 is 17.9 Å². The molecule has 2 aromatic rings. The largest absolute Gasteiger partial charge is 0.385 e. The lowest BCUT2D eigenvalue weighted by Gasteiger charge is -2.18. The van der Waals surface area contributed by atoms with Crippen LogP contribution in [0.25, 0.3) is 10.8 Å². The predicted octanol–water partition coefficient (Wildman–Crippen LogP) is 2.28. The van der Waals surface area contributed by atoms with E-state index >= 15 is 0 Å². The Kier molecular flexibility index (Phi) is 5.24. The smallest absolute Gasteiger partial charge is 0.265 e. The third-order valence-corrected chi connectivity index (χ3v) is 6.15. The average Bonchev–Trinajstić information content (AvgIpc) is 2.82. The van der Waals surface area contributed by atoms with Gasteiger partial charge in [-0.3, -0.25) is 9.10 Å². The Labute approximate surface area is 147 Å². The zero-order chi connectivity index (χ0) is 17.9. The van der Waals surface area contributed by atoms with E-state index in [1.165, 1.54) is 4.31 Å². The molecule has 1 heterocycles. The molecule has 0 bridgehead atoms. The number of nitrogens with zero attached hydrogens (tertiary/aromatic N) is 1. The first-order valence-electron chi connectivity index (χ1n) is 8.36. The van der Waals surface area contributed by atoms with Gasteiger partial charge in [0.25, 0.3) is 10.0 Å². The van der Waals surface area contributed by atoms with Crippen LogP contribution in [-0.4, -0.2) is 41.1 Å². The number of rotatable bonds is 8. The Morgan fingerprint density at radius 3 is 2.68 bits per heavy atom. The van der Waals surface area contributed by atoms with Crippen LogP contribution in [-0.2, 0) is 19.6 Å². The van der Waals surface area contributed by atoms with E-state index in [0.717, 1.165) is 17.2 Å². The number of sulfonamides is 1. The Bertz CT molecular complexity index is 875. The van der Waals surface area contributed by atoms with Crippen molar-refractivity contribution in [2.45, 2.75) is 24.2 Å². The summed E-state index contributed by atoms with van der Waals surface area (Å²) in [6.07, 6.45) is 1.53. The van der Waals surface area contributed by atoms with Gasteiger partial charge in [-0.05, 0) is 30.4 Å². The summed E-state index contributed by atoms with van der Waals surface area (Å²) in [7, 11) is -1.91. The number of anilines is 1. The van der Waals surface area contributed by atoms with Crippen LogP contribution in [0.1, 0.15) is 19.3 Å². The molecule has 1 amide bonds. The van der Waals surface area contributed by atoms with E-state index in [2.05, 4.69) is 5.32 Å². The zero-order valence-corrected chi connectivity index (χ0v) is 15.0. The van der Waals surface area contributed by atoms with Crippen LogP contribution in [0.5, 0.6) is 0 Å². The fraction of sp³-hybridized carbons (Fsp3) is 0.389. The monoisotopic (exact) mass is 362 g/mol. The molecule has 6 nitrogen and oxygen atoms in total.